The van der Waals surface area contributed by atoms with Gasteiger partial charge in [0.1, 0.15) is 0 Å². The Balaban J connectivity index is 0. The molecule has 1 aromatic carbocycles. The Labute approximate surface area is 113 Å². The molecule has 1 aromatic rings. The minimum Gasteiger partial charge on any atom is -0.504 e. The van der Waals surface area contributed by atoms with Crippen molar-refractivity contribution in [3.05, 3.63) is 17.2 Å². The molecule has 0 heterocycles. The van der Waals surface area contributed by atoms with Gasteiger partial charge < -0.3 is 15.3 Å². The third-order valence-electron chi connectivity index (χ3n) is 2.45. The van der Waals surface area contributed by atoms with E-state index in [2.05, 4.69) is 0 Å². The molecule has 0 bridgehead atoms. The molecule has 0 radical (unpaired) electrons. The molecular weight excluding hydrogens is 254 g/mol. The second-order valence-electron chi connectivity index (χ2n) is 3.40. The van der Waals surface area contributed by atoms with Crippen LogP contribution in [0.15, 0.2) is 0 Å². The van der Waals surface area contributed by atoms with Gasteiger partial charge in [-0.1, -0.05) is 41.5 Å². The molecule has 0 amide bonds. The zero-order chi connectivity index (χ0) is 15.7. The minimum atomic E-state index is -1.64. The monoisotopic (exact) mass is 278 g/mol. The van der Waals surface area contributed by atoms with E-state index in [0.29, 0.717) is 6.42 Å². The van der Waals surface area contributed by atoms with E-state index in [0.717, 1.165) is 0 Å². The van der Waals surface area contributed by atoms with Crippen molar-refractivity contribution in [3.8, 4) is 17.2 Å². The van der Waals surface area contributed by atoms with E-state index < -0.39 is 28.9 Å². The summed E-state index contributed by atoms with van der Waals surface area (Å²) in [5.74, 6) is -6.48. The lowest BCUT2D eigenvalue weighted by Gasteiger charge is -2.15. The standard InChI is InChI=1S/C10H12F2O3.2C2H6/c1-3-4(2)5-8(13)6(11)7(12)10(15)9(5)14;2*1-2/h4,13-15H,3H2,1-2H3;2*1-2H3. The Bertz CT molecular complexity index is 364. The van der Waals surface area contributed by atoms with Crippen molar-refractivity contribution < 1.29 is 24.1 Å². The highest BCUT2D eigenvalue weighted by atomic mass is 19.2. The van der Waals surface area contributed by atoms with Crippen LogP contribution in [0.1, 0.15) is 59.4 Å². The lowest BCUT2D eigenvalue weighted by Crippen LogP contribution is -1.98. The van der Waals surface area contributed by atoms with Crippen LogP contribution in [-0.4, -0.2) is 15.3 Å². The summed E-state index contributed by atoms with van der Waals surface area (Å²) in [6.45, 7) is 11.4. The fourth-order valence-electron chi connectivity index (χ4n) is 1.34. The maximum absolute atomic E-state index is 13.0. The predicted molar refractivity (Wildman–Crippen MR) is 72.8 cm³/mol. The minimum absolute atomic E-state index is 0.172. The fourth-order valence-corrected chi connectivity index (χ4v) is 1.34. The van der Waals surface area contributed by atoms with Crippen molar-refractivity contribution in [2.24, 2.45) is 0 Å². The summed E-state index contributed by atoms with van der Waals surface area (Å²) in [6, 6.07) is 0. The van der Waals surface area contributed by atoms with Crippen molar-refractivity contribution in [1.29, 1.82) is 0 Å². The van der Waals surface area contributed by atoms with Crippen LogP contribution in [0.5, 0.6) is 17.2 Å². The highest BCUT2D eigenvalue weighted by Gasteiger charge is 2.26. The number of hydrogen-bond donors (Lipinski definition) is 3. The summed E-state index contributed by atoms with van der Waals surface area (Å²) >= 11 is 0. The van der Waals surface area contributed by atoms with Crippen LogP contribution in [0.25, 0.3) is 0 Å². The number of halogens is 2. The van der Waals surface area contributed by atoms with Gasteiger partial charge in [0.2, 0.25) is 11.6 Å². The van der Waals surface area contributed by atoms with E-state index in [-0.39, 0.29) is 11.5 Å². The molecule has 112 valence electrons. The third-order valence-corrected chi connectivity index (χ3v) is 2.45. The molecule has 0 aliphatic rings. The van der Waals surface area contributed by atoms with E-state index in [9.17, 15) is 19.0 Å². The molecule has 5 heteroatoms. The van der Waals surface area contributed by atoms with E-state index in [4.69, 9.17) is 5.11 Å². The lowest BCUT2D eigenvalue weighted by atomic mass is 9.96. The van der Waals surface area contributed by atoms with Crippen LogP contribution in [0.3, 0.4) is 0 Å². The van der Waals surface area contributed by atoms with Gasteiger partial charge in [0.25, 0.3) is 0 Å². The summed E-state index contributed by atoms with van der Waals surface area (Å²) < 4.78 is 25.9. The summed E-state index contributed by atoms with van der Waals surface area (Å²) in [6.07, 6.45) is 0.506. The first kappa shape index (κ1) is 19.8. The van der Waals surface area contributed by atoms with Gasteiger partial charge in [0.15, 0.2) is 17.2 Å². The van der Waals surface area contributed by atoms with Crippen LogP contribution in [0.2, 0.25) is 0 Å². The SMILES string of the molecule is CC.CC.CCC(C)c1c(O)c(O)c(F)c(F)c1O. The average Bonchev–Trinajstić information content (AvgIpc) is 2.47. The highest BCUT2D eigenvalue weighted by molar-refractivity contribution is 5.54. The Morgan fingerprint density at radius 1 is 0.842 bits per heavy atom. The van der Waals surface area contributed by atoms with Crippen molar-refractivity contribution in [2.75, 3.05) is 0 Å². The van der Waals surface area contributed by atoms with Gasteiger partial charge in [-0.2, -0.15) is 8.78 Å². The molecule has 3 N–H and O–H groups in total. The Kier molecular flexibility index (Phi) is 9.82. The lowest BCUT2D eigenvalue weighted by molar-refractivity contribution is 0.334. The van der Waals surface area contributed by atoms with Crippen LogP contribution in [0.4, 0.5) is 8.78 Å². The smallest absolute Gasteiger partial charge is 0.208 e. The van der Waals surface area contributed by atoms with Crippen molar-refractivity contribution >= 4 is 0 Å². The largest absolute Gasteiger partial charge is 0.504 e. The highest BCUT2D eigenvalue weighted by Crippen LogP contribution is 2.44. The Morgan fingerprint density at radius 3 is 1.58 bits per heavy atom. The van der Waals surface area contributed by atoms with Gasteiger partial charge in [0, 0.05) is 5.56 Å². The van der Waals surface area contributed by atoms with Gasteiger partial charge >= 0.3 is 0 Å². The maximum Gasteiger partial charge on any atom is 0.208 e. The molecule has 3 nitrogen and oxygen atoms in total. The molecule has 0 aliphatic heterocycles. The molecule has 1 rings (SSSR count). The van der Waals surface area contributed by atoms with Crippen LogP contribution in [-0.2, 0) is 0 Å². The molecule has 19 heavy (non-hydrogen) atoms. The fraction of sp³-hybridized carbons (Fsp3) is 0.571. The molecular formula is C14H24F2O3. The summed E-state index contributed by atoms with van der Waals surface area (Å²) in [5, 5.41) is 27.7. The summed E-state index contributed by atoms with van der Waals surface area (Å²) in [7, 11) is 0. The molecule has 1 unspecified atom stereocenters. The van der Waals surface area contributed by atoms with Crippen molar-refractivity contribution in [2.45, 2.75) is 53.9 Å². The van der Waals surface area contributed by atoms with E-state index >= 15 is 0 Å². The van der Waals surface area contributed by atoms with Gasteiger partial charge in [-0.05, 0) is 12.3 Å². The first-order valence-electron chi connectivity index (χ1n) is 6.53. The van der Waals surface area contributed by atoms with Gasteiger partial charge in [-0.25, -0.2) is 0 Å². The first-order valence-corrected chi connectivity index (χ1v) is 6.53. The van der Waals surface area contributed by atoms with Gasteiger partial charge in [-0.15, -0.1) is 0 Å². The van der Waals surface area contributed by atoms with E-state index in [1.54, 1.807) is 13.8 Å². The molecule has 1 atom stereocenters. The quantitative estimate of drug-likeness (QED) is 0.545. The van der Waals surface area contributed by atoms with Gasteiger partial charge in [0.05, 0.1) is 0 Å². The van der Waals surface area contributed by atoms with Crippen LogP contribution >= 0.6 is 0 Å². The third kappa shape index (κ3) is 4.26. The molecule has 0 saturated heterocycles. The molecule has 0 fully saturated rings. The van der Waals surface area contributed by atoms with Crippen LogP contribution in [0, 0.1) is 11.6 Å². The number of benzene rings is 1. The molecule has 0 aliphatic carbocycles. The number of phenolic OH excluding ortho intramolecular Hbond substituents is 3. The number of hydrogen-bond acceptors (Lipinski definition) is 3. The maximum atomic E-state index is 13.0. The zero-order valence-corrected chi connectivity index (χ0v) is 12.4. The summed E-state index contributed by atoms with van der Waals surface area (Å²) in [4.78, 5) is 0. The molecule has 0 spiro atoms. The average molecular weight is 278 g/mol. The number of aromatic hydroxyl groups is 3. The number of rotatable bonds is 2. The van der Waals surface area contributed by atoms with E-state index in [1.807, 2.05) is 27.7 Å². The second kappa shape index (κ2) is 9.42. The first-order chi connectivity index (χ1) is 8.91. The Morgan fingerprint density at radius 2 is 1.21 bits per heavy atom. The molecule has 0 aromatic heterocycles. The molecule has 0 saturated carbocycles. The van der Waals surface area contributed by atoms with Crippen molar-refractivity contribution in [1.82, 2.24) is 0 Å². The second-order valence-corrected chi connectivity index (χ2v) is 3.40. The van der Waals surface area contributed by atoms with Crippen molar-refractivity contribution in [3.63, 3.8) is 0 Å². The van der Waals surface area contributed by atoms with Gasteiger partial charge in [-0.3, -0.25) is 0 Å². The normalized spacial score (nSPS) is 10.7. The Hall–Kier alpha value is -1.52. The topological polar surface area (TPSA) is 60.7 Å². The predicted octanol–water partition coefficient (Wildman–Crippen LogP) is 4.65. The zero-order valence-electron chi connectivity index (χ0n) is 12.4. The van der Waals surface area contributed by atoms with E-state index in [1.165, 1.54) is 0 Å². The number of phenols is 3. The summed E-state index contributed by atoms with van der Waals surface area (Å²) in [5.41, 5.74) is -0.172. The van der Waals surface area contributed by atoms with Crippen LogP contribution < -0.4 is 0 Å².